The van der Waals surface area contributed by atoms with Gasteiger partial charge < -0.3 is 9.64 Å². The lowest BCUT2D eigenvalue weighted by Crippen LogP contribution is -2.27. The molecule has 0 saturated carbocycles. The third-order valence-electron chi connectivity index (χ3n) is 4.57. The van der Waals surface area contributed by atoms with Crippen molar-refractivity contribution in [1.82, 2.24) is 19.7 Å². The van der Waals surface area contributed by atoms with Gasteiger partial charge in [-0.3, -0.25) is 14.5 Å². The molecule has 3 rings (SSSR count). The molecule has 2 aromatic carbocycles. The fourth-order valence-electron chi connectivity index (χ4n) is 3.02. The molecule has 158 valence electrons. The Bertz CT molecular complexity index is 1080. The maximum Gasteiger partial charge on any atom is 0.224 e. The van der Waals surface area contributed by atoms with Crippen LogP contribution in [0, 0.1) is 10.6 Å². The van der Waals surface area contributed by atoms with Crippen LogP contribution < -0.4 is 4.74 Å². The quantitative estimate of drug-likeness (QED) is 0.451. The van der Waals surface area contributed by atoms with Crippen LogP contribution in [0.2, 0.25) is 0 Å². The number of aromatic nitrogens is 3. The van der Waals surface area contributed by atoms with E-state index in [-0.39, 0.29) is 24.7 Å². The van der Waals surface area contributed by atoms with Crippen LogP contribution in [0.25, 0.3) is 11.4 Å². The number of nitrogens with zero attached hydrogens (tertiary/aromatic N) is 3. The minimum Gasteiger partial charge on any atom is -0.494 e. The summed E-state index contributed by atoms with van der Waals surface area (Å²) < 4.78 is 22.4. The number of hydrogen-bond donors (Lipinski definition) is 1. The van der Waals surface area contributed by atoms with Gasteiger partial charge in [0.15, 0.2) is 10.6 Å². The topological polar surface area (TPSA) is 63.1 Å². The summed E-state index contributed by atoms with van der Waals surface area (Å²) in [4.78, 5) is 14.1. The van der Waals surface area contributed by atoms with E-state index >= 15 is 0 Å². The molecule has 1 heterocycles. The van der Waals surface area contributed by atoms with Crippen molar-refractivity contribution in [2.24, 2.45) is 0 Å². The summed E-state index contributed by atoms with van der Waals surface area (Å²) in [5, 5.41) is 7.09. The highest BCUT2D eigenvalue weighted by atomic mass is 79.9. The van der Waals surface area contributed by atoms with Gasteiger partial charge in [-0.15, -0.1) is 0 Å². The lowest BCUT2D eigenvalue weighted by molar-refractivity contribution is -0.130. The van der Waals surface area contributed by atoms with Crippen LogP contribution in [0.1, 0.15) is 18.9 Å². The molecule has 0 aliphatic rings. The number of ether oxygens (including phenoxy) is 1. The molecule has 0 atom stereocenters. The third-order valence-corrected chi connectivity index (χ3v) is 5.38. The SMILES string of the molecule is CCOc1ccc(-c2n[nH]c(=S)n2CCC(=O)N(C)Cc2cc(Br)ccc2F)cc1. The van der Waals surface area contributed by atoms with E-state index in [0.29, 0.717) is 29.3 Å². The molecule has 6 nitrogen and oxygen atoms in total. The Labute approximate surface area is 187 Å². The van der Waals surface area contributed by atoms with E-state index in [2.05, 4.69) is 26.1 Å². The molecule has 0 fully saturated rings. The Morgan fingerprint density at radius 3 is 2.73 bits per heavy atom. The first-order valence-electron chi connectivity index (χ1n) is 9.45. The van der Waals surface area contributed by atoms with Crippen molar-refractivity contribution in [3.63, 3.8) is 0 Å². The molecule has 0 aliphatic carbocycles. The van der Waals surface area contributed by atoms with Crippen molar-refractivity contribution < 1.29 is 13.9 Å². The zero-order valence-electron chi connectivity index (χ0n) is 16.7. The summed E-state index contributed by atoms with van der Waals surface area (Å²) in [5.41, 5.74) is 1.32. The Hall–Kier alpha value is -2.52. The fraction of sp³-hybridized carbons (Fsp3) is 0.286. The van der Waals surface area contributed by atoms with E-state index in [1.807, 2.05) is 31.2 Å². The summed E-state index contributed by atoms with van der Waals surface area (Å²) in [6.45, 7) is 3.07. The lowest BCUT2D eigenvalue weighted by Gasteiger charge is -2.18. The Morgan fingerprint density at radius 2 is 2.03 bits per heavy atom. The summed E-state index contributed by atoms with van der Waals surface area (Å²) in [7, 11) is 1.66. The first-order valence-corrected chi connectivity index (χ1v) is 10.7. The van der Waals surface area contributed by atoms with Gasteiger partial charge in [-0.2, -0.15) is 5.10 Å². The normalized spacial score (nSPS) is 10.8. The van der Waals surface area contributed by atoms with E-state index in [1.165, 1.54) is 11.0 Å². The van der Waals surface area contributed by atoms with Crippen molar-refractivity contribution in [2.45, 2.75) is 26.4 Å². The van der Waals surface area contributed by atoms with Crippen LogP contribution in [-0.2, 0) is 17.9 Å². The molecule has 0 unspecified atom stereocenters. The van der Waals surface area contributed by atoms with Gasteiger partial charge in [-0.05, 0) is 61.6 Å². The molecule has 3 aromatic rings. The van der Waals surface area contributed by atoms with E-state index in [9.17, 15) is 9.18 Å². The van der Waals surface area contributed by atoms with Crippen LogP contribution in [0.4, 0.5) is 4.39 Å². The maximum atomic E-state index is 14.0. The molecule has 1 amide bonds. The first kappa shape index (κ1) is 22.2. The molecular weight excluding hydrogens is 471 g/mol. The number of nitrogens with one attached hydrogen (secondary N) is 1. The largest absolute Gasteiger partial charge is 0.494 e. The number of carbonyl (C=O) groups excluding carboxylic acids is 1. The predicted molar refractivity (Wildman–Crippen MR) is 119 cm³/mol. The summed E-state index contributed by atoms with van der Waals surface area (Å²) in [6.07, 6.45) is 0.212. The molecule has 30 heavy (non-hydrogen) atoms. The van der Waals surface area contributed by atoms with Gasteiger partial charge in [0.25, 0.3) is 0 Å². The Morgan fingerprint density at radius 1 is 1.30 bits per heavy atom. The van der Waals surface area contributed by atoms with E-state index in [0.717, 1.165) is 15.8 Å². The second-order valence-corrected chi connectivity index (χ2v) is 8.00. The molecule has 9 heteroatoms. The zero-order valence-corrected chi connectivity index (χ0v) is 19.1. The van der Waals surface area contributed by atoms with E-state index in [4.69, 9.17) is 17.0 Å². The zero-order chi connectivity index (χ0) is 21.7. The maximum absolute atomic E-state index is 14.0. The average Bonchev–Trinajstić information content (AvgIpc) is 3.10. The van der Waals surface area contributed by atoms with Gasteiger partial charge in [-0.25, -0.2) is 4.39 Å². The summed E-state index contributed by atoms with van der Waals surface area (Å²) >= 11 is 8.66. The van der Waals surface area contributed by atoms with Gasteiger partial charge in [-0.1, -0.05) is 15.9 Å². The van der Waals surface area contributed by atoms with Crippen LogP contribution in [-0.4, -0.2) is 39.2 Å². The van der Waals surface area contributed by atoms with E-state index in [1.54, 1.807) is 23.7 Å². The van der Waals surface area contributed by atoms with Gasteiger partial charge in [0.1, 0.15) is 11.6 Å². The lowest BCUT2D eigenvalue weighted by atomic mass is 10.2. The number of hydrogen-bond acceptors (Lipinski definition) is 4. The van der Waals surface area contributed by atoms with E-state index < -0.39 is 0 Å². The predicted octanol–water partition coefficient (Wildman–Crippen LogP) is 4.96. The number of aromatic amines is 1. The molecule has 1 aromatic heterocycles. The number of carbonyl (C=O) groups is 1. The van der Waals surface area contributed by atoms with Crippen molar-refractivity contribution in [2.75, 3.05) is 13.7 Å². The van der Waals surface area contributed by atoms with Gasteiger partial charge in [0, 0.05) is 42.2 Å². The Kier molecular flexibility index (Phi) is 7.38. The summed E-state index contributed by atoms with van der Waals surface area (Å²) in [6, 6.07) is 12.2. The number of rotatable bonds is 8. The van der Waals surface area contributed by atoms with Crippen LogP contribution in [0.15, 0.2) is 46.9 Å². The number of halogens is 2. The minimum absolute atomic E-state index is 0.116. The first-order chi connectivity index (χ1) is 14.4. The molecule has 0 spiro atoms. The molecule has 0 saturated heterocycles. The van der Waals surface area contributed by atoms with Gasteiger partial charge in [0.05, 0.1) is 6.61 Å². The molecule has 0 radical (unpaired) electrons. The fourth-order valence-corrected chi connectivity index (χ4v) is 3.65. The molecule has 1 N–H and O–H groups in total. The highest BCUT2D eigenvalue weighted by Crippen LogP contribution is 2.22. The smallest absolute Gasteiger partial charge is 0.224 e. The third kappa shape index (κ3) is 5.34. The molecule has 0 aliphatic heterocycles. The van der Waals surface area contributed by atoms with Crippen molar-refractivity contribution in [3.8, 4) is 17.1 Å². The number of H-pyrrole nitrogens is 1. The monoisotopic (exact) mass is 492 g/mol. The van der Waals surface area contributed by atoms with Crippen LogP contribution in [0.3, 0.4) is 0 Å². The van der Waals surface area contributed by atoms with Crippen molar-refractivity contribution in [3.05, 3.63) is 63.1 Å². The molecular formula is C21H22BrFN4O2S. The highest BCUT2D eigenvalue weighted by molar-refractivity contribution is 9.10. The Balaban J connectivity index is 1.68. The standard InChI is InChI=1S/C21H22BrFN4O2S/c1-3-29-17-7-4-14(5-8-17)20-24-25-21(30)27(20)11-10-19(28)26(2)13-15-12-16(22)6-9-18(15)23/h4-9,12H,3,10-11,13H2,1-2H3,(H,25,30). The molecule has 0 bridgehead atoms. The van der Waals surface area contributed by atoms with Gasteiger partial charge >= 0.3 is 0 Å². The van der Waals surface area contributed by atoms with Crippen molar-refractivity contribution in [1.29, 1.82) is 0 Å². The highest BCUT2D eigenvalue weighted by Gasteiger charge is 2.15. The average molecular weight is 493 g/mol. The van der Waals surface area contributed by atoms with Crippen LogP contribution in [0.5, 0.6) is 5.75 Å². The van der Waals surface area contributed by atoms with Crippen molar-refractivity contribution >= 4 is 34.1 Å². The minimum atomic E-state index is -0.340. The number of amides is 1. The number of benzene rings is 2. The summed E-state index contributed by atoms with van der Waals surface area (Å²) in [5.74, 6) is 0.970. The second kappa shape index (κ2) is 9.99. The van der Waals surface area contributed by atoms with Gasteiger partial charge in [0.2, 0.25) is 5.91 Å². The second-order valence-electron chi connectivity index (χ2n) is 6.70. The van der Waals surface area contributed by atoms with Crippen LogP contribution >= 0.6 is 28.1 Å².